The molecule has 6 nitrogen and oxygen atoms in total. The zero-order chi connectivity index (χ0) is 19.5. The third-order valence-corrected chi connectivity index (χ3v) is 5.71. The van der Waals surface area contributed by atoms with Crippen LogP contribution in [0.3, 0.4) is 0 Å². The molecule has 0 spiro atoms. The van der Waals surface area contributed by atoms with Gasteiger partial charge in [0.2, 0.25) is 11.8 Å². The molecule has 1 aromatic carbocycles. The molecule has 0 bridgehead atoms. The summed E-state index contributed by atoms with van der Waals surface area (Å²) in [4.78, 5) is 33.8. The Morgan fingerprint density at radius 3 is 2.71 bits per heavy atom. The molecule has 0 radical (unpaired) electrons. The normalized spacial score (nSPS) is 22.4. The number of methoxy groups -OCH3 is 1. The second kappa shape index (κ2) is 8.00. The van der Waals surface area contributed by atoms with E-state index in [1.54, 1.807) is 18.2 Å². The number of carbonyl (C=O) groups is 2. The van der Waals surface area contributed by atoms with Crippen LogP contribution in [0, 0.1) is 5.92 Å². The van der Waals surface area contributed by atoms with Crippen LogP contribution in [0.15, 0.2) is 48.8 Å². The first kappa shape index (κ1) is 18.5. The van der Waals surface area contributed by atoms with Crippen molar-refractivity contribution in [1.29, 1.82) is 0 Å². The molecule has 2 atom stereocenters. The van der Waals surface area contributed by atoms with Gasteiger partial charge in [-0.25, -0.2) is 0 Å². The predicted octanol–water partition coefficient (Wildman–Crippen LogP) is 3.20. The van der Waals surface area contributed by atoms with Crippen LogP contribution in [0.5, 0.6) is 5.75 Å². The molecule has 4 rings (SSSR count). The van der Waals surface area contributed by atoms with Gasteiger partial charge in [0, 0.05) is 37.6 Å². The van der Waals surface area contributed by atoms with E-state index in [2.05, 4.69) is 4.98 Å². The zero-order valence-corrected chi connectivity index (χ0v) is 16.1. The van der Waals surface area contributed by atoms with Gasteiger partial charge in [0.1, 0.15) is 5.75 Å². The molecule has 0 aliphatic carbocycles. The van der Waals surface area contributed by atoms with Crippen molar-refractivity contribution in [3.63, 3.8) is 0 Å². The first-order valence-corrected chi connectivity index (χ1v) is 9.82. The fourth-order valence-electron chi connectivity index (χ4n) is 4.23. The highest BCUT2D eigenvalue weighted by atomic mass is 16.5. The van der Waals surface area contributed by atoms with Gasteiger partial charge in [0.15, 0.2) is 0 Å². The molecular weight excluding hydrogens is 354 g/mol. The Morgan fingerprint density at radius 2 is 2.00 bits per heavy atom. The molecule has 3 heterocycles. The molecular formula is C22H25N3O3. The molecule has 1 aromatic heterocycles. The minimum absolute atomic E-state index is 0.00143. The zero-order valence-electron chi connectivity index (χ0n) is 16.1. The molecule has 2 amide bonds. The van der Waals surface area contributed by atoms with Gasteiger partial charge in [-0.1, -0.05) is 6.07 Å². The highest BCUT2D eigenvalue weighted by Crippen LogP contribution is 2.34. The molecule has 2 aliphatic heterocycles. The number of nitrogens with zero attached hydrogens (tertiary/aromatic N) is 3. The molecule has 28 heavy (non-hydrogen) atoms. The Kier molecular flexibility index (Phi) is 5.28. The number of anilines is 1. The highest BCUT2D eigenvalue weighted by Gasteiger charge is 2.39. The lowest BCUT2D eigenvalue weighted by molar-refractivity contribution is -0.139. The molecule has 2 aromatic rings. The van der Waals surface area contributed by atoms with Crippen LogP contribution >= 0.6 is 0 Å². The number of carbonyl (C=O) groups excluding carboxylic acids is 2. The second-order valence-corrected chi connectivity index (χ2v) is 7.43. The van der Waals surface area contributed by atoms with Gasteiger partial charge in [-0.05, 0) is 55.2 Å². The maximum Gasteiger partial charge on any atom is 0.228 e. The third kappa shape index (κ3) is 3.59. The van der Waals surface area contributed by atoms with Gasteiger partial charge < -0.3 is 14.5 Å². The molecule has 0 saturated carbocycles. The summed E-state index contributed by atoms with van der Waals surface area (Å²) in [5.41, 5.74) is 1.88. The molecule has 2 aliphatic rings. The van der Waals surface area contributed by atoms with Crippen LogP contribution < -0.4 is 9.64 Å². The van der Waals surface area contributed by atoms with E-state index >= 15 is 0 Å². The molecule has 2 saturated heterocycles. The quantitative estimate of drug-likeness (QED) is 0.818. The highest BCUT2D eigenvalue weighted by molar-refractivity contribution is 6.00. The Morgan fingerprint density at radius 1 is 1.18 bits per heavy atom. The fraction of sp³-hybridized carbons (Fsp3) is 0.409. The van der Waals surface area contributed by atoms with Gasteiger partial charge in [-0.2, -0.15) is 0 Å². The van der Waals surface area contributed by atoms with E-state index in [9.17, 15) is 9.59 Å². The van der Waals surface area contributed by atoms with E-state index in [4.69, 9.17) is 4.74 Å². The van der Waals surface area contributed by atoms with E-state index in [1.807, 2.05) is 47.5 Å². The lowest BCUT2D eigenvalue weighted by Gasteiger charge is -2.37. The third-order valence-electron chi connectivity index (χ3n) is 5.71. The average Bonchev–Trinajstić information content (AvgIpc) is 3.15. The van der Waals surface area contributed by atoms with Crippen LogP contribution in [-0.2, 0) is 9.59 Å². The largest absolute Gasteiger partial charge is 0.497 e. The summed E-state index contributed by atoms with van der Waals surface area (Å²) in [6, 6.07) is 11.4. The van der Waals surface area contributed by atoms with Crippen molar-refractivity contribution in [3.8, 4) is 5.75 Å². The number of aromatic nitrogens is 1. The summed E-state index contributed by atoms with van der Waals surface area (Å²) >= 11 is 0. The number of piperidine rings is 1. The van der Waals surface area contributed by atoms with Crippen molar-refractivity contribution in [1.82, 2.24) is 9.88 Å². The number of pyridine rings is 1. The van der Waals surface area contributed by atoms with Crippen molar-refractivity contribution in [2.24, 2.45) is 5.92 Å². The summed E-state index contributed by atoms with van der Waals surface area (Å²) in [7, 11) is 1.61. The first-order valence-electron chi connectivity index (χ1n) is 9.82. The average molecular weight is 379 g/mol. The van der Waals surface area contributed by atoms with Gasteiger partial charge in [-0.3, -0.25) is 14.6 Å². The number of ether oxygens (including phenoxy) is 1. The topological polar surface area (TPSA) is 62.7 Å². The van der Waals surface area contributed by atoms with Crippen LogP contribution in [0.4, 0.5) is 5.69 Å². The van der Waals surface area contributed by atoms with E-state index in [0.717, 1.165) is 42.8 Å². The first-order chi connectivity index (χ1) is 13.7. The standard InChI is InChI=1S/C22H25N3O3/c1-28-19-9-7-18(8-10-19)25-15-17(13-21(25)26)22(27)24-12-3-2-6-20(24)16-5-4-11-23-14-16/h4-5,7-11,14,17,20H,2-3,6,12-13,15H2,1H3. The number of hydrogen-bond acceptors (Lipinski definition) is 4. The lowest BCUT2D eigenvalue weighted by Crippen LogP contribution is -2.42. The van der Waals surface area contributed by atoms with E-state index in [-0.39, 0.29) is 30.2 Å². The van der Waals surface area contributed by atoms with Crippen LogP contribution in [0.25, 0.3) is 0 Å². The van der Waals surface area contributed by atoms with Crippen LogP contribution in [0.1, 0.15) is 37.3 Å². The Bertz CT molecular complexity index is 838. The maximum absolute atomic E-state index is 13.3. The van der Waals surface area contributed by atoms with Crippen molar-refractivity contribution < 1.29 is 14.3 Å². The molecule has 0 N–H and O–H groups in total. The SMILES string of the molecule is COc1ccc(N2CC(C(=O)N3CCCCC3c3cccnc3)CC2=O)cc1. The van der Waals surface area contributed by atoms with Crippen molar-refractivity contribution in [2.45, 2.75) is 31.7 Å². The lowest BCUT2D eigenvalue weighted by atomic mass is 9.94. The van der Waals surface area contributed by atoms with E-state index in [1.165, 1.54) is 0 Å². The minimum atomic E-state index is -0.299. The Labute approximate surface area is 165 Å². The minimum Gasteiger partial charge on any atom is -0.497 e. The van der Waals surface area contributed by atoms with E-state index < -0.39 is 0 Å². The summed E-state index contributed by atoms with van der Waals surface area (Å²) in [5, 5.41) is 0. The van der Waals surface area contributed by atoms with Crippen molar-refractivity contribution >= 4 is 17.5 Å². The Balaban J connectivity index is 1.50. The molecule has 2 unspecified atom stereocenters. The number of benzene rings is 1. The fourth-order valence-corrected chi connectivity index (χ4v) is 4.23. The molecule has 2 fully saturated rings. The smallest absolute Gasteiger partial charge is 0.228 e. The number of amides is 2. The summed E-state index contributed by atoms with van der Waals surface area (Å²) < 4.78 is 5.18. The van der Waals surface area contributed by atoms with Crippen molar-refractivity contribution in [3.05, 3.63) is 54.4 Å². The van der Waals surface area contributed by atoms with Crippen molar-refractivity contribution in [2.75, 3.05) is 25.1 Å². The monoisotopic (exact) mass is 379 g/mol. The number of rotatable bonds is 4. The summed E-state index contributed by atoms with van der Waals surface area (Å²) in [6.45, 7) is 1.17. The van der Waals surface area contributed by atoms with Gasteiger partial charge in [0.25, 0.3) is 0 Å². The molecule has 146 valence electrons. The number of hydrogen-bond donors (Lipinski definition) is 0. The van der Waals surface area contributed by atoms with Crippen LogP contribution in [-0.4, -0.2) is 41.9 Å². The Hall–Kier alpha value is -2.89. The van der Waals surface area contributed by atoms with Gasteiger partial charge in [0.05, 0.1) is 19.1 Å². The number of likely N-dealkylation sites (tertiary alicyclic amines) is 1. The van der Waals surface area contributed by atoms with E-state index in [0.29, 0.717) is 6.54 Å². The van der Waals surface area contributed by atoms with Gasteiger partial charge in [-0.15, -0.1) is 0 Å². The van der Waals surface area contributed by atoms with Gasteiger partial charge >= 0.3 is 0 Å². The molecule has 6 heteroatoms. The summed E-state index contributed by atoms with van der Waals surface area (Å²) in [5.74, 6) is 0.527. The second-order valence-electron chi connectivity index (χ2n) is 7.43. The van der Waals surface area contributed by atoms with Crippen LogP contribution in [0.2, 0.25) is 0 Å². The predicted molar refractivity (Wildman–Crippen MR) is 106 cm³/mol. The maximum atomic E-state index is 13.3. The summed E-state index contributed by atoms with van der Waals surface area (Å²) in [6.07, 6.45) is 6.91.